The van der Waals surface area contributed by atoms with E-state index in [1.807, 2.05) is 0 Å². The SMILES string of the molecule is OCOC(F)(F)OC(F)(C(F)(F)F)C(F)(F)OCO. The van der Waals surface area contributed by atoms with Gasteiger partial charge in [0.2, 0.25) is 0 Å². The lowest BCUT2D eigenvalue weighted by Crippen LogP contribution is -2.61. The summed E-state index contributed by atoms with van der Waals surface area (Å²) < 4.78 is 107. The zero-order valence-electron chi connectivity index (χ0n) is 8.56. The van der Waals surface area contributed by atoms with Crippen LogP contribution < -0.4 is 0 Å². The molecule has 0 heterocycles. The molecule has 5 nitrogen and oxygen atoms in total. The van der Waals surface area contributed by atoms with Crippen LogP contribution in [0, 0.1) is 0 Å². The minimum absolute atomic E-state index is 1.95. The van der Waals surface area contributed by atoms with E-state index < -0.39 is 38.0 Å². The van der Waals surface area contributed by atoms with Gasteiger partial charge in [-0.1, -0.05) is 0 Å². The van der Waals surface area contributed by atoms with Gasteiger partial charge < -0.3 is 10.2 Å². The van der Waals surface area contributed by atoms with Crippen LogP contribution in [0.1, 0.15) is 0 Å². The second-order valence-electron chi connectivity index (χ2n) is 2.72. The topological polar surface area (TPSA) is 68.2 Å². The number of halogens is 8. The summed E-state index contributed by atoms with van der Waals surface area (Å²) in [5.74, 6) is -6.33. The summed E-state index contributed by atoms with van der Waals surface area (Å²) in [6, 6.07) is 0. The maximum atomic E-state index is 13.1. The lowest BCUT2D eigenvalue weighted by molar-refractivity contribution is -0.544. The fourth-order valence-electron chi connectivity index (χ4n) is 0.725. The Kier molecular flexibility index (Phi) is 5.47. The second-order valence-corrected chi connectivity index (χ2v) is 2.72. The molecule has 0 bridgehead atoms. The Morgan fingerprint density at radius 2 is 1.16 bits per heavy atom. The van der Waals surface area contributed by atoms with E-state index in [0.717, 1.165) is 0 Å². The predicted octanol–water partition coefficient (Wildman–Crippen LogP) is 1.31. The third-order valence-corrected chi connectivity index (χ3v) is 1.48. The third kappa shape index (κ3) is 4.10. The molecule has 1 atom stereocenters. The van der Waals surface area contributed by atoms with E-state index in [-0.39, 0.29) is 0 Å². The van der Waals surface area contributed by atoms with Gasteiger partial charge in [0, 0.05) is 0 Å². The highest BCUT2D eigenvalue weighted by Crippen LogP contribution is 2.49. The van der Waals surface area contributed by atoms with Gasteiger partial charge in [0.25, 0.3) is 0 Å². The van der Waals surface area contributed by atoms with Crippen molar-refractivity contribution in [2.75, 3.05) is 13.6 Å². The maximum absolute atomic E-state index is 13.1. The number of hydrogen-bond donors (Lipinski definition) is 2. The lowest BCUT2D eigenvalue weighted by Gasteiger charge is -2.34. The predicted molar refractivity (Wildman–Crippen MR) is 37.2 cm³/mol. The Morgan fingerprint density at radius 1 is 0.737 bits per heavy atom. The quantitative estimate of drug-likeness (QED) is 0.548. The van der Waals surface area contributed by atoms with Crippen LogP contribution in [0.4, 0.5) is 35.1 Å². The first-order valence-electron chi connectivity index (χ1n) is 4.04. The van der Waals surface area contributed by atoms with Crippen molar-refractivity contribution in [2.24, 2.45) is 0 Å². The van der Waals surface area contributed by atoms with Crippen LogP contribution in [0.3, 0.4) is 0 Å². The largest absolute Gasteiger partial charge is 0.490 e. The molecule has 0 aromatic heterocycles. The molecule has 0 rings (SSSR count). The lowest BCUT2D eigenvalue weighted by atomic mass is 10.2. The Bertz CT molecular complexity index is 294. The van der Waals surface area contributed by atoms with Crippen LogP contribution >= 0.6 is 0 Å². The Hall–Kier alpha value is -0.760. The van der Waals surface area contributed by atoms with E-state index in [0.29, 0.717) is 0 Å². The molecule has 0 aliphatic carbocycles. The van der Waals surface area contributed by atoms with Crippen molar-refractivity contribution in [3.8, 4) is 0 Å². The molecule has 1 unspecified atom stereocenters. The first-order valence-corrected chi connectivity index (χ1v) is 4.04. The first kappa shape index (κ1) is 18.2. The van der Waals surface area contributed by atoms with E-state index in [4.69, 9.17) is 10.2 Å². The molecule has 0 fully saturated rings. The van der Waals surface area contributed by atoms with E-state index in [1.165, 1.54) is 0 Å². The fourth-order valence-corrected chi connectivity index (χ4v) is 0.725. The summed E-state index contributed by atoms with van der Waals surface area (Å²) in [7, 11) is 0. The summed E-state index contributed by atoms with van der Waals surface area (Å²) >= 11 is 0. The molecule has 13 heteroatoms. The minimum atomic E-state index is -6.67. The van der Waals surface area contributed by atoms with Gasteiger partial charge in [0.1, 0.15) is 6.79 Å². The van der Waals surface area contributed by atoms with Crippen LogP contribution in [0.2, 0.25) is 0 Å². The van der Waals surface area contributed by atoms with Crippen LogP contribution in [-0.2, 0) is 14.2 Å². The van der Waals surface area contributed by atoms with Gasteiger partial charge >= 0.3 is 24.4 Å². The molecule has 116 valence electrons. The minimum Gasteiger partial charge on any atom is -0.370 e. The zero-order chi connectivity index (χ0) is 15.5. The van der Waals surface area contributed by atoms with E-state index >= 15 is 0 Å². The van der Waals surface area contributed by atoms with Crippen molar-refractivity contribution < 1.29 is 59.5 Å². The molecular weight excluding hydrogens is 304 g/mol. The average molecular weight is 310 g/mol. The molecule has 0 aromatic rings. The number of rotatable bonds is 7. The Balaban J connectivity index is 5.45. The van der Waals surface area contributed by atoms with Crippen LogP contribution in [0.5, 0.6) is 0 Å². The molecule has 0 amide bonds. The highest BCUT2D eigenvalue weighted by atomic mass is 19.4. The zero-order valence-corrected chi connectivity index (χ0v) is 8.56. The molecule has 0 aromatic carbocycles. The van der Waals surface area contributed by atoms with Crippen molar-refractivity contribution in [1.82, 2.24) is 0 Å². The standard InChI is InChI=1S/C6H6F8O5/c7-3(4(8,9)10,5(11,12)17-1-15)19-6(13,14)18-2-16/h15-16H,1-2H2. The summed E-state index contributed by atoms with van der Waals surface area (Å²) in [5.41, 5.74) is 0. The molecule has 0 saturated carbocycles. The summed E-state index contributed by atoms with van der Waals surface area (Å²) in [6.45, 7) is -4.07. The summed E-state index contributed by atoms with van der Waals surface area (Å²) in [4.78, 5) is 0. The molecular formula is C6H6F8O5. The van der Waals surface area contributed by atoms with Gasteiger partial charge in [-0.2, -0.15) is 26.3 Å². The van der Waals surface area contributed by atoms with Gasteiger partial charge in [-0.15, -0.1) is 8.78 Å². The van der Waals surface area contributed by atoms with Gasteiger partial charge in [-0.05, 0) is 0 Å². The summed E-state index contributed by atoms with van der Waals surface area (Å²) in [5, 5.41) is 15.7. The molecule has 19 heavy (non-hydrogen) atoms. The Morgan fingerprint density at radius 3 is 1.47 bits per heavy atom. The molecule has 0 saturated heterocycles. The van der Waals surface area contributed by atoms with Crippen LogP contribution in [0.15, 0.2) is 0 Å². The highest BCUT2D eigenvalue weighted by Gasteiger charge is 2.77. The second kappa shape index (κ2) is 5.70. The van der Waals surface area contributed by atoms with Crippen molar-refractivity contribution in [2.45, 2.75) is 24.4 Å². The highest BCUT2D eigenvalue weighted by molar-refractivity contribution is 4.87. The number of aliphatic hydroxyl groups is 2. The molecule has 2 N–H and O–H groups in total. The molecule has 0 spiro atoms. The van der Waals surface area contributed by atoms with Gasteiger partial charge in [-0.3, -0.25) is 9.47 Å². The number of aliphatic hydroxyl groups excluding tert-OH is 2. The van der Waals surface area contributed by atoms with Crippen molar-refractivity contribution >= 4 is 0 Å². The van der Waals surface area contributed by atoms with E-state index in [2.05, 4.69) is 14.2 Å². The number of ether oxygens (including phenoxy) is 3. The van der Waals surface area contributed by atoms with Crippen LogP contribution in [0.25, 0.3) is 0 Å². The molecule has 0 radical (unpaired) electrons. The van der Waals surface area contributed by atoms with Crippen molar-refractivity contribution in [1.29, 1.82) is 0 Å². The third-order valence-electron chi connectivity index (χ3n) is 1.48. The van der Waals surface area contributed by atoms with Crippen molar-refractivity contribution in [3.63, 3.8) is 0 Å². The fraction of sp³-hybridized carbons (Fsp3) is 1.00. The average Bonchev–Trinajstić information content (AvgIpc) is 2.14. The first-order chi connectivity index (χ1) is 8.33. The maximum Gasteiger partial charge on any atom is 0.490 e. The van der Waals surface area contributed by atoms with Gasteiger partial charge in [0.15, 0.2) is 6.79 Å². The van der Waals surface area contributed by atoms with E-state index in [1.54, 1.807) is 0 Å². The normalized spacial score (nSPS) is 17.4. The Labute approximate surface area is 98.8 Å². The van der Waals surface area contributed by atoms with Crippen LogP contribution in [-0.4, -0.2) is 48.2 Å². The smallest absolute Gasteiger partial charge is 0.370 e. The molecule has 0 aliphatic heterocycles. The van der Waals surface area contributed by atoms with Crippen molar-refractivity contribution in [3.05, 3.63) is 0 Å². The van der Waals surface area contributed by atoms with E-state index in [9.17, 15) is 35.1 Å². The summed E-state index contributed by atoms with van der Waals surface area (Å²) in [6.07, 6.45) is -18.2. The monoisotopic (exact) mass is 310 g/mol. The molecule has 0 aliphatic rings. The van der Waals surface area contributed by atoms with Gasteiger partial charge in [-0.25, -0.2) is 4.74 Å². The van der Waals surface area contributed by atoms with Gasteiger partial charge in [0.05, 0.1) is 0 Å². The number of hydrogen-bond acceptors (Lipinski definition) is 5. The number of alkyl halides is 8.